The highest BCUT2D eigenvalue weighted by Gasteiger charge is 2.12. The van der Waals surface area contributed by atoms with Crippen molar-refractivity contribution >= 4 is 18.0 Å². The number of pyridine rings is 1. The van der Waals surface area contributed by atoms with Crippen molar-refractivity contribution in [1.29, 1.82) is 0 Å². The number of thioether (sulfide) groups is 1. The number of aryl methyl sites for hydroxylation is 1. The van der Waals surface area contributed by atoms with E-state index in [1.165, 1.54) is 5.56 Å². The number of benzene rings is 1. The third kappa shape index (κ3) is 2.94. The molecule has 0 aliphatic rings. The summed E-state index contributed by atoms with van der Waals surface area (Å²) in [4.78, 5) is 11.0. The summed E-state index contributed by atoms with van der Waals surface area (Å²) in [6.07, 6.45) is 2.87. The zero-order valence-electron chi connectivity index (χ0n) is 9.67. The maximum absolute atomic E-state index is 11.0. The molecule has 17 heavy (non-hydrogen) atoms. The van der Waals surface area contributed by atoms with Gasteiger partial charge in [-0.2, -0.15) is 4.57 Å². The minimum atomic E-state index is 0.746. The molecule has 0 bridgehead atoms. The quantitative estimate of drug-likeness (QED) is 0.468. The van der Waals surface area contributed by atoms with Crippen LogP contribution < -0.4 is 4.57 Å². The number of nitrogens with zero attached hydrogens (tertiary/aromatic N) is 1. The molecular weight excluding hydrogens is 230 g/mol. The van der Waals surface area contributed by atoms with Crippen molar-refractivity contribution in [1.82, 2.24) is 0 Å². The van der Waals surface area contributed by atoms with Crippen LogP contribution in [0.25, 0.3) is 0 Å². The van der Waals surface area contributed by atoms with Crippen LogP contribution in [0.3, 0.4) is 0 Å². The summed E-state index contributed by atoms with van der Waals surface area (Å²) in [6.45, 7) is 0. The van der Waals surface area contributed by atoms with Crippen molar-refractivity contribution < 1.29 is 9.36 Å². The highest BCUT2D eigenvalue weighted by molar-refractivity contribution is 7.98. The second-order valence-corrected chi connectivity index (χ2v) is 4.74. The monoisotopic (exact) mass is 244 g/mol. The molecule has 1 heterocycles. The van der Waals surface area contributed by atoms with Gasteiger partial charge in [-0.05, 0) is 11.6 Å². The highest BCUT2D eigenvalue weighted by atomic mass is 32.2. The number of hydrogen-bond donors (Lipinski definition) is 0. The Labute approximate surface area is 105 Å². The van der Waals surface area contributed by atoms with Crippen LogP contribution in [0.4, 0.5) is 0 Å². The number of carbonyl (C=O) groups excluding carboxylic acids is 1. The molecule has 0 saturated heterocycles. The van der Waals surface area contributed by atoms with E-state index in [1.807, 2.05) is 48.1 Å². The first-order valence-electron chi connectivity index (χ1n) is 5.42. The smallest absolute Gasteiger partial charge is 0.250 e. The highest BCUT2D eigenvalue weighted by Crippen LogP contribution is 2.21. The zero-order chi connectivity index (χ0) is 12.1. The number of carbonyl (C=O) groups is 1. The van der Waals surface area contributed by atoms with Gasteiger partial charge in [0, 0.05) is 11.8 Å². The molecule has 86 valence electrons. The Kier molecular flexibility index (Phi) is 3.94. The van der Waals surface area contributed by atoms with Crippen LogP contribution in [0.1, 0.15) is 15.9 Å². The SMILES string of the molecule is C[n+]1cccc(C=O)c1SCc1ccccc1. The first kappa shape index (κ1) is 11.9. The van der Waals surface area contributed by atoms with Gasteiger partial charge in [0.25, 0.3) is 5.03 Å². The Hall–Kier alpha value is -1.61. The molecule has 0 spiro atoms. The van der Waals surface area contributed by atoms with Gasteiger partial charge < -0.3 is 0 Å². The van der Waals surface area contributed by atoms with Gasteiger partial charge in [-0.15, -0.1) is 0 Å². The standard InChI is InChI=1S/C14H14NOS/c1-15-9-5-8-13(10-16)14(15)17-11-12-6-3-2-4-7-12/h2-10H,11H2,1H3/q+1. The van der Waals surface area contributed by atoms with Crippen molar-refractivity contribution in [3.05, 3.63) is 59.8 Å². The van der Waals surface area contributed by atoms with Crippen LogP contribution in [-0.2, 0) is 12.8 Å². The van der Waals surface area contributed by atoms with Crippen molar-refractivity contribution in [2.75, 3.05) is 0 Å². The van der Waals surface area contributed by atoms with Gasteiger partial charge in [0.05, 0.1) is 5.56 Å². The lowest BCUT2D eigenvalue weighted by Crippen LogP contribution is -2.31. The number of aromatic nitrogens is 1. The molecule has 0 fully saturated rings. The average Bonchev–Trinajstić information content (AvgIpc) is 2.38. The number of hydrogen-bond acceptors (Lipinski definition) is 2. The summed E-state index contributed by atoms with van der Waals surface area (Å²) in [7, 11) is 1.96. The molecule has 1 aromatic carbocycles. The van der Waals surface area contributed by atoms with Crippen LogP contribution in [0.15, 0.2) is 53.7 Å². The van der Waals surface area contributed by atoms with E-state index in [9.17, 15) is 4.79 Å². The van der Waals surface area contributed by atoms with Crippen molar-refractivity contribution in [3.63, 3.8) is 0 Å². The molecule has 0 atom stereocenters. The van der Waals surface area contributed by atoms with Crippen LogP contribution >= 0.6 is 11.8 Å². The summed E-state index contributed by atoms with van der Waals surface area (Å²) in [5.74, 6) is 0.875. The summed E-state index contributed by atoms with van der Waals surface area (Å²) in [6, 6.07) is 14.0. The minimum Gasteiger partial charge on any atom is -0.298 e. The maximum atomic E-state index is 11.0. The summed E-state index contributed by atoms with van der Waals surface area (Å²) in [5, 5.41) is 1.01. The normalized spacial score (nSPS) is 10.2. The van der Waals surface area contributed by atoms with E-state index in [0.717, 1.165) is 22.6 Å². The third-order valence-corrected chi connectivity index (χ3v) is 3.77. The molecular formula is C14H14NOS+. The number of aldehydes is 1. The molecule has 0 radical (unpaired) electrons. The lowest BCUT2D eigenvalue weighted by Gasteiger charge is -2.02. The number of rotatable bonds is 4. The average molecular weight is 244 g/mol. The molecule has 3 heteroatoms. The van der Waals surface area contributed by atoms with Gasteiger partial charge in [0.15, 0.2) is 12.5 Å². The Balaban J connectivity index is 2.16. The molecule has 0 aliphatic carbocycles. The maximum Gasteiger partial charge on any atom is 0.250 e. The van der Waals surface area contributed by atoms with Gasteiger partial charge in [-0.25, -0.2) is 0 Å². The predicted molar refractivity (Wildman–Crippen MR) is 69.0 cm³/mol. The fourth-order valence-corrected chi connectivity index (χ4v) is 2.66. The van der Waals surface area contributed by atoms with Gasteiger partial charge in [0.2, 0.25) is 0 Å². The van der Waals surface area contributed by atoms with Crippen molar-refractivity contribution in [3.8, 4) is 0 Å². The Morgan fingerprint density at radius 3 is 2.65 bits per heavy atom. The molecule has 1 aromatic heterocycles. The van der Waals surface area contributed by atoms with Crippen LogP contribution in [-0.4, -0.2) is 6.29 Å². The zero-order valence-corrected chi connectivity index (χ0v) is 10.5. The second-order valence-electron chi connectivity index (χ2n) is 3.77. The van der Waals surface area contributed by atoms with E-state index in [1.54, 1.807) is 11.8 Å². The third-order valence-electron chi connectivity index (χ3n) is 2.50. The fraction of sp³-hybridized carbons (Fsp3) is 0.143. The topological polar surface area (TPSA) is 20.9 Å². The molecule has 0 unspecified atom stereocenters. The van der Waals surface area contributed by atoms with Gasteiger partial charge in [-0.3, -0.25) is 4.79 Å². The summed E-state index contributed by atoms with van der Waals surface area (Å²) >= 11 is 1.68. The lowest BCUT2D eigenvalue weighted by molar-refractivity contribution is -0.709. The minimum absolute atomic E-state index is 0.746. The molecule has 2 aromatic rings. The first-order chi connectivity index (χ1) is 8.31. The molecule has 2 rings (SSSR count). The molecule has 0 aliphatic heterocycles. The van der Waals surface area contributed by atoms with E-state index in [0.29, 0.717) is 0 Å². The van der Waals surface area contributed by atoms with Gasteiger partial charge in [-0.1, -0.05) is 42.1 Å². The van der Waals surface area contributed by atoms with Gasteiger partial charge >= 0.3 is 0 Å². The molecule has 0 amide bonds. The fourth-order valence-electron chi connectivity index (χ4n) is 1.62. The van der Waals surface area contributed by atoms with E-state index in [2.05, 4.69) is 12.1 Å². The summed E-state index contributed by atoms with van der Waals surface area (Å²) < 4.78 is 1.98. The van der Waals surface area contributed by atoms with Crippen LogP contribution in [0, 0.1) is 0 Å². The van der Waals surface area contributed by atoms with E-state index < -0.39 is 0 Å². The molecule has 0 saturated carbocycles. The van der Waals surface area contributed by atoms with Crippen molar-refractivity contribution in [2.45, 2.75) is 10.8 Å². The van der Waals surface area contributed by atoms with Gasteiger partial charge in [0.1, 0.15) is 7.05 Å². The molecule has 0 N–H and O–H groups in total. The second kappa shape index (κ2) is 5.64. The van der Waals surface area contributed by atoms with E-state index >= 15 is 0 Å². The molecule has 2 nitrogen and oxygen atoms in total. The Morgan fingerprint density at radius 2 is 1.94 bits per heavy atom. The van der Waals surface area contributed by atoms with Crippen LogP contribution in [0.5, 0.6) is 0 Å². The Bertz CT molecular complexity index is 511. The largest absolute Gasteiger partial charge is 0.298 e. The summed E-state index contributed by atoms with van der Waals surface area (Å²) in [5.41, 5.74) is 2.01. The van der Waals surface area contributed by atoms with Crippen molar-refractivity contribution in [2.24, 2.45) is 7.05 Å². The van der Waals surface area contributed by atoms with E-state index in [4.69, 9.17) is 0 Å². The first-order valence-corrected chi connectivity index (χ1v) is 6.40. The lowest BCUT2D eigenvalue weighted by atomic mass is 10.2. The van der Waals surface area contributed by atoms with E-state index in [-0.39, 0.29) is 0 Å². The predicted octanol–water partition coefficient (Wildman–Crippen LogP) is 2.62. The Morgan fingerprint density at radius 1 is 1.18 bits per heavy atom. The van der Waals surface area contributed by atoms with Crippen LogP contribution in [0.2, 0.25) is 0 Å².